The van der Waals surface area contributed by atoms with Crippen molar-refractivity contribution in [2.75, 3.05) is 25.5 Å². The summed E-state index contributed by atoms with van der Waals surface area (Å²) in [6.45, 7) is 4.47. The summed E-state index contributed by atoms with van der Waals surface area (Å²) in [5.74, 6) is -1.07. The summed E-state index contributed by atoms with van der Waals surface area (Å²) in [5, 5.41) is 5.44. The molecule has 1 aromatic rings. The summed E-state index contributed by atoms with van der Waals surface area (Å²) in [5.41, 5.74) is 0.417. The van der Waals surface area contributed by atoms with Gasteiger partial charge in [0.25, 0.3) is 0 Å². The number of methoxy groups -OCH3 is 1. The topological polar surface area (TPSA) is 101 Å². The number of hydrogen-bond acceptors (Lipinski definition) is 5. The monoisotopic (exact) mass is 348 g/mol. The van der Waals surface area contributed by atoms with Crippen molar-refractivity contribution in [3.63, 3.8) is 0 Å². The van der Waals surface area contributed by atoms with Crippen molar-refractivity contribution in [2.24, 2.45) is 5.92 Å². The van der Waals surface area contributed by atoms with E-state index in [1.165, 1.54) is 18.2 Å². The van der Waals surface area contributed by atoms with Gasteiger partial charge in [-0.1, -0.05) is 13.8 Å². The third-order valence-electron chi connectivity index (χ3n) is 3.98. The number of carbonyl (C=O) groups is 3. The number of ether oxygens (including phenoxy) is 1. The number of rotatable bonds is 4. The standard InChI is InChI=1S/C17H24N4O4/c1-11(2)15(22)20-13-5-4-8-21(10-13)17(24)16(23)19-12-6-7-14(25-3)18-9-12/h6-7,9,11,13H,4-5,8,10H2,1-3H3,(H,19,23)(H,20,22)/t13-/m0/s1. The molecule has 0 bridgehead atoms. The van der Waals surface area contributed by atoms with Gasteiger partial charge < -0.3 is 20.3 Å². The number of anilines is 1. The summed E-state index contributed by atoms with van der Waals surface area (Å²) >= 11 is 0. The van der Waals surface area contributed by atoms with E-state index in [1.807, 2.05) is 13.8 Å². The number of hydrogen-bond donors (Lipinski definition) is 2. The molecule has 1 saturated heterocycles. The lowest BCUT2D eigenvalue weighted by Gasteiger charge is -2.33. The number of likely N-dealkylation sites (tertiary alicyclic amines) is 1. The molecule has 0 radical (unpaired) electrons. The second-order valence-electron chi connectivity index (χ2n) is 6.30. The van der Waals surface area contributed by atoms with Crippen LogP contribution in [0.4, 0.5) is 5.69 Å². The zero-order valence-corrected chi connectivity index (χ0v) is 14.7. The highest BCUT2D eigenvalue weighted by Gasteiger charge is 2.29. The Hall–Kier alpha value is -2.64. The molecule has 0 aromatic carbocycles. The van der Waals surface area contributed by atoms with Crippen LogP contribution in [0.25, 0.3) is 0 Å². The van der Waals surface area contributed by atoms with Gasteiger partial charge in [-0.05, 0) is 18.9 Å². The molecular weight excluding hydrogens is 324 g/mol. The molecule has 1 aliphatic heterocycles. The molecule has 1 fully saturated rings. The van der Waals surface area contributed by atoms with Crippen molar-refractivity contribution < 1.29 is 19.1 Å². The molecule has 2 heterocycles. The van der Waals surface area contributed by atoms with Crippen LogP contribution in [0.3, 0.4) is 0 Å². The van der Waals surface area contributed by atoms with Crippen molar-refractivity contribution >= 4 is 23.4 Å². The lowest BCUT2D eigenvalue weighted by molar-refractivity contribution is -0.144. The molecule has 2 rings (SSSR count). The smallest absolute Gasteiger partial charge is 0.313 e. The van der Waals surface area contributed by atoms with Crippen molar-refractivity contribution in [3.8, 4) is 5.88 Å². The van der Waals surface area contributed by atoms with E-state index >= 15 is 0 Å². The van der Waals surface area contributed by atoms with Gasteiger partial charge in [0.1, 0.15) is 0 Å². The van der Waals surface area contributed by atoms with Gasteiger partial charge in [0.05, 0.1) is 19.0 Å². The van der Waals surface area contributed by atoms with Gasteiger partial charge in [-0.2, -0.15) is 0 Å². The van der Waals surface area contributed by atoms with E-state index in [4.69, 9.17) is 4.74 Å². The minimum absolute atomic E-state index is 0.0481. The minimum atomic E-state index is -0.720. The number of piperidine rings is 1. The summed E-state index contributed by atoms with van der Waals surface area (Å²) in [4.78, 5) is 41.8. The lowest BCUT2D eigenvalue weighted by Crippen LogP contribution is -2.52. The first kappa shape index (κ1) is 18.7. The molecule has 2 N–H and O–H groups in total. The Bertz CT molecular complexity index is 630. The zero-order chi connectivity index (χ0) is 18.4. The van der Waals surface area contributed by atoms with Crippen LogP contribution >= 0.6 is 0 Å². The second kappa shape index (κ2) is 8.46. The van der Waals surface area contributed by atoms with E-state index < -0.39 is 11.8 Å². The van der Waals surface area contributed by atoms with Gasteiger partial charge in [0.2, 0.25) is 11.8 Å². The van der Waals surface area contributed by atoms with Crippen LogP contribution in [0.1, 0.15) is 26.7 Å². The Morgan fingerprint density at radius 1 is 1.32 bits per heavy atom. The molecular formula is C17H24N4O4. The Balaban J connectivity index is 1.91. The molecule has 8 heteroatoms. The third kappa shape index (κ3) is 5.17. The summed E-state index contributed by atoms with van der Waals surface area (Å²) in [7, 11) is 1.49. The highest BCUT2D eigenvalue weighted by atomic mass is 16.5. The quantitative estimate of drug-likeness (QED) is 0.784. The Kier molecular flexibility index (Phi) is 6.32. The molecule has 8 nitrogen and oxygen atoms in total. The van der Waals surface area contributed by atoms with Crippen LogP contribution in [0.2, 0.25) is 0 Å². The summed E-state index contributed by atoms with van der Waals surface area (Å²) in [6.07, 6.45) is 2.96. The van der Waals surface area contributed by atoms with E-state index in [0.29, 0.717) is 24.7 Å². The van der Waals surface area contributed by atoms with Gasteiger partial charge in [-0.3, -0.25) is 14.4 Å². The van der Waals surface area contributed by atoms with Crippen molar-refractivity contribution in [3.05, 3.63) is 18.3 Å². The lowest BCUT2D eigenvalue weighted by atomic mass is 10.0. The van der Waals surface area contributed by atoms with Crippen LogP contribution in [0.15, 0.2) is 18.3 Å². The average molecular weight is 348 g/mol. The zero-order valence-electron chi connectivity index (χ0n) is 14.7. The highest BCUT2D eigenvalue weighted by molar-refractivity contribution is 6.39. The van der Waals surface area contributed by atoms with Gasteiger partial charge >= 0.3 is 11.8 Å². The maximum absolute atomic E-state index is 12.3. The molecule has 0 saturated carbocycles. The predicted octanol–water partition coefficient (Wildman–Crippen LogP) is 0.792. The maximum Gasteiger partial charge on any atom is 0.313 e. The molecule has 136 valence electrons. The van der Waals surface area contributed by atoms with Crippen molar-refractivity contribution in [1.82, 2.24) is 15.2 Å². The third-order valence-corrected chi connectivity index (χ3v) is 3.98. The SMILES string of the molecule is COc1ccc(NC(=O)C(=O)N2CCC[C@H](NC(=O)C(C)C)C2)cn1. The fourth-order valence-electron chi connectivity index (χ4n) is 2.55. The average Bonchev–Trinajstić information content (AvgIpc) is 2.61. The van der Waals surface area contributed by atoms with Crippen LogP contribution in [0.5, 0.6) is 5.88 Å². The molecule has 0 unspecified atom stereocenters. The Morgan fingerprint density at radius 3 is 2.68 bits per heavy atom. The van der Waals surface area contributed by atoms with Crippen LogP contribution in [-0.4, -0.2) is 53.8 Å². The van der Waals surface area contributed by atoms with E-state index in [1.54, 1.807) is 12.1 Å². The fourth-order valence-corrected chi connectivity index (χ4v) is 2.55. The van der Waals surface area contributed by atoms with Gasteiger partial charge in [0.15, 0.2) is 0 Å². The van der Waals surface area contributed by atoms with E-state index in [-0.39, 0.29) is 17.9 Å². The Morgan fingerprint density at radius 2 is 2.08 bits per heavy atom. The molecule has 25 heavy (non-hydrogen) atoms. The van der Waals surface area contributed by atoms with Crippen molar-refractivity contribution in [2.45, 2.75) is 32.7 Å². The molecule has 1 aliphatic rings. The summed E-state index contributed by atoms with van der Waals surface area (Å²) < 4.78 is 4.94. The fraction of sp³-hybridized carbons (Fsp3) is 0.529. The first-order valence-corrected chi connectivity index (χ1v) is 8.31. The van der Waals surface area contributed by atoms with Gasteiger partial charge in [-0.15, -0.1) is 0 Å². The molecule has 1 atom stereocenters. The highest BCUT2D eigenvalue weighted by Crippen LogP contribution is 2.14. The van der Waals surface area contributed by atoms with E-state index in [0.717, 1.165) is 12.8 Å². The van der Waals surface area contributed by atoms with E-state index in [9.17, 15) is 14.4 Å². The second-order valence-corrected chi connectivity index (χ2v) is 6.30. The van der Waals surface area contributed by atoms with Crippen molar-refractivity contribution in [1.29, 1.82) is 0 Å². The molecule has 1 aromatic heterocycles. The molecule has 3 amide bonds. The summed E-state index contributed by atoms with van der Waals surface area (Å²) in [6, 6.07) is 3.08. The number of aromatic nitrogens is 1. The van der Waals surface area contributed by atoms with Crippen LogP contribution < -0.4 is 15.4 Å². The maximum atomic E-state index is 12.3. The molecule has 0 spiro atoms. The number of carbonyl (C=O) groups excluding carboxylic acids is 3. The predicted molar refractivity (Wildman–Crippen MR) is 92.0 cm³/mol. The molecule has 0 aliphatic carbocycles. The van der Waals surface area contributed by atoms with Gasteiger partial charge in [-0.25, -0.2) is 4.98 Å². The number of amides is 3. The Labute approximate surface area is 146 Å². The first-order valence-electron chi connectivity index (χ1n) is 8.31. The largest absolute Gasteiger partial charge is 0.481 e. The van der Waals surface area contributed by atoms with E-state index in [2.05, 4.69) is 15.6 Å². The van der Waals surface area contributed by atoms with Crippen LogP contribution in [-0.2, 0) is 14.4 Å². The first-order chi connectivity index (χ1) is 11.9. The van der Waals surface area contributed by atoms with Gasteiger partial charge in [0, 0.05) is 31.1 Å². The number of nitrogens with zero attached hydrogens (tertiary/aromatic N) is 2. The number of nitrogens with one attached hydrogen (secondary N) is 2. The number of pyridine rings is 1. The minimum Gasteiger partial charge on any atom is -0.481 e. The van der Waals surface area contributed by atoms with Crippen LogP contribution in [0, 0.1) is 5.92 Å². The normalized spacial score (nSPS) is 17.1.